The molecular formula is C27H39NO. The van der Waals surface area contributed by atoms with E-state index in [1.54, 1.807) is 11.6 Å². The summed E-state index contributed by atoms with van der Waals surface area (Å²) >= 11 is 0. The van der Waals surface area contributed by atoms with Crippen LogP contribution >= 0.6 is 0 Å². The van der Waals surface area contributed by atoms with Gasteiger partial charge in [0.1, 0.15) is 0 Å². The molecule has 0 heterocycles. The molecule has 0 saturated heterocycles. The molecule has 2 saturated carbocycles. The van der Waals surface area contributed by atoms with Crippen molar-refractivity contribution in [1.29, 1.82) is 5.26 Å². The Morgan fingerprint density at radius 1 is 0.966 bits per heavy atom. The third kappa shape index (κ3) is 7.31. The molecule has 2 nitrogen and oxygen atoms in total. The van der Waals surface area contributed by atoms with Crippen molar-refractivity contribution in [3.8, 4) is 6.07 Å². The van der Waals surface area contributed by atoms with Crippen LogP contribution in [0.1, 0.15) is 94.6 Å². The quantitative estimate of drug-likeness (QED) is 0.324. The van der Waals surface area contributed by atoms with Gasteiger partial charge in [-0.25, -0.2) is 0 Å². The summed E-state index contributed by atoms with van der Waals surface area (Å²) < 4.78 is 6.29. The molecule has 2 aliphatic carbocycles. The van der Waals surface area contributed by atoms with Crippen LogP contribution in [0.15, 0.2) is 36.4 Å². The molecule has 0 N–H and O–H groups in total. The molecule has 0 aromatic heterocycles. The molecule has 1 aromatic carbocycles. The standard InChI is InChI=1S/C27H39NO/c1-2-3-4-6-22-8-14-25(15-9-22)26-16-10-24(11-17-26)21-29-27-18-12-23(13-19-27)7-5-20-28/h5,7-9,14-15,23-24,26-27H,2-4,6,10-13,16-19,21H2,1H3/t23-,24-,26-,27-. The molecule has 3 rings (SSSR count). The van der Waals surface area contributed by atoms with Crippen LogP contribution in [0.25, 0.3) is 0 Å². The number of benzene rings is 1. The highest BCUT2D eigenvalue weighted by atomic mass is 16.5. The molecule has 2 aliphatic rings. The van der Waals surface area contributed by atoms with Crippen LogP contribution in [0.2, 0.25) is 0 Å². The monoisotopic (exact) mass is 393 g/mol. The minimum atomic E-state index is 0.444. The number of hydrogen-bond acceptors (Lipinski definition) is 2. The Bertz CT molecular complexity index is 640. The van der Waals surface area contributed by atoms with Crippen molar-refractivity contribution >= 4 is 0 Å². The molecule has 158 valence electrons. The van der Waals surface area contributed by atoms with Crippen molar-refractivity contribution in [2.75, 3.05) is 6.61 Å². The fourth-order valence-corrected chi connectivity index (χ4v) is 5.10. The van der Waals surface area contributed by atoms with Crippen LogP contribution in [0, 0.1) is 23.2 Å². The number of hydrogen-bond donors (Lipinski definition) is 0. The van der Waals surface area contributed by atoms with E-state index < -0.39 is 0 Å². The van der Waals surface area contributed by atoms with E-state index in [1.165, 1.54) is 69.8 Å². The fraction of sp³-hybridized carbons (Fsp3) is 0.667. The minimum Gasteiger partial charge on any atom is -0.378 e. The Morgan fingerprint density at radius 2 is 1.69 bits per heavy atom. The lowest BCUT2D eigenvalue weighted by Gasteiger charge is -2.32. The average molecular weight is 394 g/mol. The van der Waals surface area contributed by atoms with Gasteiger partial charge in [-0.2, -0.15) is 5.26 Å². The predicted octanol–water partition coefficient (Wildman–Crippen LogP) is 7.35. The largest absolute Gasteiger partial charge is 0.378 e. The van der Waals surface area contributed by atoms with Gasteiger partial charge in [0, 0.05) is 12.7 Å². The van der Waals surface area contributed by atoms with E-state index in [0.29, 0.717) is 12.0 Å². The highest BCUT2D eigenvalue weighted by molar-refractivity contribution is 5.26. The smallest absolute Gasteiger partial charge is 0.0908 e. The SMILES string of the molecule is CCCCCc1ccc([C@H]2CC[C@H](CO[C@H]3CC[C@H](C=CC#N)CC3)CC2)cc1. The highest BCUT2D eigenvalue weighted by Gasteiger charge is 2.25. The lowest BCUT2D eigenvalue weighted by Crippen LogP contribution is -2.25. The second kappa shape index (κ2) is 12.2. The van der Waals surface area contributed by atoms with Crippen LogP contribution in [-0.2, 0) is 11.2 Å². The third-order valence-corrected chi connectivity index (χ3v) is 7.10. The van der Waals surface area contributed by atoms with Crippen molar-refractivity contribution in [1.82, 2.24) is 0 Å². The third-order valence-electron chi connectivity index (χ3n) is 7.10. The van der Waals surface area contributed by atoms with Gasteiger partial charge in [-0.1, -0.05) is 50.1 Å². The maximum Gasteiger partial charge on any atom is 0.0908 e. The summed E-state index contributed by atoms with van der Waals surface area (Å²) in [7, 11) is 0. The first-order valence-corrected chi connectivity index (χ1v) is 12.0. The lowest BCUT2D eigenvalue weighted by atomic mass is 9.78. The van der Waals surface area contributed by atoms with Gasteiger partial charge in [-0.3, -0.25) is 0 Å². The number of rotatable bonds is 9. The number of nitrogens with zero attached hydrogens (tertiary/aromatic N) is 1. The summed E-state index contributed by atoms with van der Waals surface area (Å²) in [6, 6.07) is 11.6. The summed E-state index contributed by atoms with van der Waals surface area (Å²) in [5.74, 6) is 2.08. The number of aryl methyl sites for hydroxylation is 1. The van der Waals surface area contributed by atoms with Crippen molar-refractivity contribution < 1.29 is 4.74 Å². The van der Waals surface area contributed by atoms with Crippen LogP contribution in [-0.4, -0.2) is 12.7 Å². The van der Waals surface area contributed by atoms with Gasteiger partial charge in [0.25, 0.3) is 0 Å². The Morgan fingerprint density at radius 3 is 2.34 bits per heavy atom. The zero-order chi connectivity index (χ0) is 20.3. The molecule has 0 radical (unpaired) electrons. The summed E-state index contributed by atoms with van der Waals surface area (Å²) in [4.78, 5) is 0. The van der Waals surface area contributed by atoms with E-state index in [-0.39, 0.29) is 0 Å². The number of nitriles is 1. The van der Waals surface area contributed by atoms with Gasteiger partial charge >= 0.3 is 0 Å². The maximum atomic E-state index is 8.66. The zero-order valence-electron chi connectivity index (χ0n) is 18.3. The van der Waals surface area contributed by atoms with Crippen molar-refractivity contribution in [3.05, 3.63) is 47.5 Å². The van der Waals surface area contributed by atoms with Gasteiger partial charge in [-0.15, -0.1) is 0 Å². The lowest BCUT2D eigenvalue weighted by molar-refractivity contribution is -0.00456. The van der Waals surface area contributed by atoms with E-state index in [9.17, 15) is 0 Å². The number of unbranched alkanes of at least 4 members (excludes halogenated alkanes) is 2. The molecule has 0 amide bonds. The molecule has 0 bridgehead atoms. The maximum absolute atomic E-state index is 8.66. The summed E-state index contributed by atoms with van der Waals surface area (Å²) in [6.45, 7) is 3.22. The first-order chi connectivity index (χ1) is 14.3. The number of ether oxygens (including phenoxy) is 1. The Balaban J connectivity index is 1.33. The first kappa shape index (κ1) is 22.1. The molecule has 0 atom stereocenters. The molecule has 1 aromatic rings. The van der Waals surface area contributed by atoms with Crippen LogP contribution < -0.4 is 0 Å². The van der Waals surface area contributed by atoms with E-state index in [1.807, 2.05) is 0 Å². The highest BCUT2D eigenvalue weighted by Crippen LogP contribution is 2.36. The molecule has 0 aliphatic heterocycles. The molecular weight excluding hydrogens is 354 g/mol. The minimum absolute atomic E-state index is 0.444. The Hall–Kier alpha value is -1.59. The van der Waals surface area contributed by atoms with Gasteiger partial charge in [0.15, 0.2) is 0 Å². The fourth-order valence-electron chi connectivity index (χ4n) is 5.10. The van der Waals surface area contributed by atoms with Crippen LogP contribution in [0.5, 0.6) is 0 Å². The van der Waals surface area contributed by atoms with Crippen LogP contribution in [0.4, 0.5) is 0 Å². The van der Waals surface area contributed by atoms with E-state index in [4.69, 9.17) is 10.00 Å². The van der Waals surface area contributed by atoms with Gasteiger partial charge < -0.3 is 4.74 Å². The van der Waals surface area contributed by atoms with E-state index >= 15 is 0 Å². The van der Waals surface area contributed by atoms with Crippen molar-refractivity contribution in [3.63, 3.8) is 0 Å². The summed E-state index contributed by atoms with van der Waals surface area (Å²) in [5.41, 5.74) is 3.05. The average Bonchev–Trinajstić information content (AvgIpc) is 2.78. The predicted molar refractivity (Wildman–Crippen MR) is 121 cm³/mol. The zero-order valence-corrected chi connectivity index (χ0v) is 18.3. The van der Waals surface area contributed by atoms with E-state index in [0.717, 1.165) is 31.3 Å². The topological polar surface area (TPSA) is 33.0 Å². The molecule has 29 heavy (non-hydrogen) atoms. The first-order valence-electron chi connectivity index (χ1n) is 12.0. The number of allylic oxidation sites excluding steroid dienone is 2. The summed E-state index contributed by atoms with van der Waals surface area (Å²) in [5, 5.41) is 8.66. The normalized spacial score (nSPS) is 27.7. The second-order valence-corrected chi connectivity index (χ2v) is 9.27. The van der Waals surface area contributed by atoms with Gasteiger partial charge in [-0.05, 0) is 93.1 Å². The van der Waals surface area contributed by atoms with Crippen molar-refractivity contribution in [2.24, 2.45) is 11.8 Å². The second-order valence-electron chi connectivity index (χ2n) is 9.27. The van der Waals surface area contributed by atoms with Gasteiger partial charge in [0.2, 0.25) is 0 Å². The molecule has 0 spiro atoms. The Labute approximate surface area is 178 Å². The Kier molecular flexibility index (Phi) is 9.29. The van der Waals surface area contributed by atoms with Crippen LogP contribution in [0.3, 0.4) is 0 Å². The molecule has 0 unspecified atom stereocenters. The van der Waals surface area contributed by atoms with Gasteiger partial charge in [0.05, 0.1) is 12.2 Å². The molecule has 2 fully saturated rings. The molecule has 2 heteroatoms. The van der Waals surface area contributed by atoms with Crippen molar-refractivity contribution in [2.45, 2.75) is 96.0 Å². The van der Waals surface area contributed by atoms with E-state index in [2.05, 4.69) is 43.3 Å². The summed E-state index contributed by atoms with van der Waals surface area (Å²) in [6.07, 6.45) is 19.2.